The van der Waals surface area contributed by atoms with Gasteiger partial charge in [0.15, 0.2) is 5.82 Å². The molecule has 5 heteroatoms. The van der Waals surface area contributed by atoms with Crippen LogP contribution in [0.5, 0.6) is 0 Å². The summed E-state index contributed by atoms with van der Waals surface area (Å²) in [6.07, 6.45) is 2.62. The molecule has 1 saturated carbocycles. The molecule has 0 amide bonds. The quantitative estimate of drug-likeness (QED) is 0.800. The molecule has 1 aliphatic carbocycles. The summed E-state index contributed by atoms with van der Waals surface area (Å²) < 4.78 is 0. The van der Waals surface area contributed by atoms with E-state index >= 15 is 0 Å². The molecule has 0 unspecified atom stereocenters. The number of hydrogen-bond acceptors (Lipinski definition) is 4. The smallest absolute Gasteiger partial charge is 0.224 e. The van der Waals surface area contributed by atoms with Crippen molar-refractivity contribution < 1.29 is 0 Å². The largest absolute Gasteiger partial charge is 0.394 e. The Morgan fingerprint density at radius 2 is 2.13 bits per heavy atom. The van der Waals surface area contributed by atoms with Gasteiger partial charge in [-0.3, -0.25) is 0 Å². The lowest BCUT2D eigenvalue weighted by molar-refractivity contribution is 0.776. The molecule has 2 N–H and O–H groups in total. The molecule has 0 bridgehead atoms. The summed E-state index contributed by atoms with van der Waals surface area (Å²) in [6.45, 7) is 2.84. The molecule has 1 fully saturated rings. The van der Waals surface area contributed by atoms with E-state index in [0.717, 1.165) is 24.0 Å². The highest BCUT2D eigenvalue weighted by Crippen LogP contribution is 2.32. The number of nitrogens with zero attached hydrogens (tertiary/aromatic N) is 3. The number of hydrogen-bond donors (Lipinski definition) is 1. The van der Waals surface area contributed by atoms with Gasteiger partial charge in [0.25, 0.3) is 0 Å². The van der Waals surface area contributed by atoms with Crippen molar-refractivity contribution in [1.29, 1.82) is 0 Å². The van der Waals surface area contributed by atoms with Crippen LogP contribution < -0.4 is 10.6 Å². The van der Waals surface area contributed by atoms with E-state index in [1.807, 2.05) is 14.0 Å². The Balaban J connectivity index is 2.24. The normalized spacial score (nSPS) is 15.4. The molecule has 0 atom stereocenters. The minimum absolute atomic E-state index is 0.263. The number of anilines is 2. The van der Waals surface area contributed by atoms with Crippen LogP contribution >= 0.6 is 11.6 Å². The molecule has 0 radical (unpaired) electrons. The average Bonchev–Trinajstić information content (AvgIpc) is 2.94. The van der Waals surface area contributed by atoms with Gasteiger partial charge in [-0.2, -0.15) is 4.98 Å². The Morgan fingerprint density at radius 3 is 2.73 bits per heavy atom. The number of rotatable bonds is 3. The zero-order chi connectivity index (χ0) is 11.0. The van der Waals surface area contributed by atoms with Crippen molar-refractivity contribution in [2.24, 2.45) is 5.92 Å². The molecular formula is C10H15ClN4. The fourth-order valence-electron chi connectivity index (χ4n) is 1.60. The first-order valence-corrected chi connectivity index (χ1v) is 5.46. The molecule has 82 valence electrons. The summed E-state index contributed by atoms with van der Waals surface area (Å²) in [6, 6.07) is 0. The van der Waals surface area contributed by atoms with Gasteiger partial charge in [0.05, 0.1) is 11.4 Å². The first-order chi connectivity index (χ1) is 7.08. The van der Waals surface area contributed by atoms with Crippen molar-refractivity contribution in [3.05, 3.63) is 11.0 Å². The van der Waals surface area contributed by atoms with Gasteiger partial charge in [0, 0.05) is 13.6 Å². The Bertz CT molecular complexity index is 376. The van der Waals surface area contributed by atoms with Crippen molar-refractivity contribution in [2.45, 2.75) is 19.8 Å². The Hall–Kier alpha value is -1.03. The maximum atomic E-state index is 5.92. The molecule has 2 rings (SSSR count). The van der Waals surface area contributed by atoms with Gasteiger partial charge in [-0.15, -0.1) is 0 Å². The standard InChI is InChI=1S/C10H15ClN4/c1-6-8(12)9(14-10(11)13-6)15(2)5-7-3-4-7/h7H,3-5,12H2,1-2H3. The van der Waals surface area contributed by atoms with Crippen LogP contribution in [0.3, 0.4) is 0 Å². The first kappa shape index (κ1) is 10.5. The number of aromatic nitrogens is 2. The lowest BCUT2D eigenvalue weighted by Crippen LogP contribution is -2.23. The van der Waals surface area contributed by atoms with Gasteiger partial charge < -0.3 is 10.6 Å². The fourth-order valence-corrected chi connectivity index (χ4v) is 1.81. The summed E-state index contributed by atoms with van der Waals surface area (Å²) >= 11 is 5.81. The zero-order valence-corrected chi connectivity index (χ0v) is 9.75. The summed E-state index contributed by atoms with van der Waals surface area (Å²) in [5.41, 5.74) is 7.29. The highest BCUT2D eigenvalue weighted by molar-refractivity contribution is 6.28. The molecule has 1 aromatic heterocycles. The number of nitrogens with two attached hydrogens (primary N) is 1. The van der Waals surface area contributed by atoms with Gasteiger partial charge in [0.2, 0.25) is 5.28 Å². The molecular weight excluding hydrogens is 212 g/mol. The molecule has 1 aliphatic rings. The van der Waals surface area contributed by atoms with Crippen molar-refractivity contribution in [3.8, 4) is 0 Å². The average molecular weight is 227 g/mol. The van der Waals surface area contributed by atoms with Crippen LogP contribution in [0, 0.1) is 12.8 Å². The topological polar surface area (TPSA) is 55.0 Å². The van der Waals surface area contributed by atoms with Gasteiger partial charge in [0.1, 0.15) is 0 Å². The minimum Gasteiger partial charge on any atom is -0.394 e. The third-order valence-electron chi connectivity index (χ3n) is 2.68. The van der Waals surface area contributed by atoms with Crippen LogP contribution in [0.1, 0.15) is 18.5 Å². The predicted molar refractivity (Wildman–Crippen MR) is 62.2 cm³/mol. The lowest BCUT2D eigenvalue weighted by Gasteiger charge is -2.20. The van der Waals surface area contributed by atoms with E-state index in [1.165, 1.54) is 12.8 Å². The van der Waals surface area contributed by atoms with E-state index in [2.05, 4.69) is 14.9 Å². The van der Waals surface area contributed by atoms with Crippen LogP contribution in [0.15, 0.2) is 0 Å². The Kier molecular flexibility index (Phi) is 2.69. The highest BCUT2D eigenvalue weighted by atomic mass is 35.5. The van der Waals surface area contributed by atoms with E-state index in [4.69, 9.17) is 17.3 Å². The van der Waals surface area contributed by atoms with Crippen molar-refractivity contribution in [3.63, 3.8) is 0 Å². The van der Waals surface area contributed by atoms with Crippen LogP contribution in [0.25, 0.3) is 0 Å². The lowest BCUT2D eigenvalue weighted by atomic mass is 10.3. The monoisotopic (exact) mass is 226 g/mol. The third kappa shape index (κ3) is 2.31. The maximum Gasteiger partial charge on any atom is 0.224 e. The van der Waals surface area contributed by atoms with E-state index in [9.17, 15) is 0 Å². The first-order valence-electron chi connectivity index (χ1n) is 5.08. The molecule has 4 nitrogen and oxygen atoms in total. The molecule has 0 saturated heterocycles. The van der Waals surface area contributed by atoms with Crippen LogP contribution in [0.2, 0.25) is 5.28 Å². The summed E-state index contributed by atoms with van der Waals surface area (Å²) in [5.74, 6) is 1.54. The SMILES string of the molecule is Cc1nc(Cl)nc(N(C)CC2CC2)c1N. The molecule has 0 aliphatic heterocycles. The van der Waals surface area contributed by atoms with Crippen LogP contribution in [0.4, 0.5) is 11.5 Å². The highest BCUT2D eigenvalue weighted by Gasteiger charge is 2.24. The molecule has 1 aromatic rings. The van der Waals surface area contributed by atoms with Gasteiger partial charge >= 0.3 is 0 Å². The van der Waals surface area contributed by atoms with E-state index in [0.29, 0.717) is 5.69 Å². The Morgan fingerprint density at radius 1 is 1.47 bits per heavy atom. The number of halogens is 1. The second kappa shape index (κ2) is 3.85. The predicted octanol–water partition coefficient (Wildman–Crippen LogP) is 1.87. The molecule has 0 aromatic carbocycles. The van der Waals surface area contributed by atoms with Gasteiger partial charge in [-0.1, -0.05) is 0 Å². The van der Waals surface area contributed by atoms with Crippen molar-refractivity contribution in [2.75, 3.05) is 24.2 Å². The number of aryl methyl sites for hydroxylation is 1. The van der Waals surface area contributed by atoms with E-state index in [1.54, 1.807) is 0 Å². The molecule has 0 spiro atoms. The fraction of sp³-hybridized carbons (Fsp3) is 0.600. The van der Waals surface area contributed by atoms with Gasteiger partial charge in [-0.05, 0) is 37.3 Å². The Labute approximate surface area is 94.5 Å². The third-order valence-corrected chi connectivity index (χ3v) is 2.85. The molecule has 15 heavy (non-hydrogen) atoms. The van der Waals surface area contributed by atoms with Crippen molar-refractivity contribution in [1.82, 2.24) is 9.97 Å². The van der Waals surface area contributed by atoms with Crippen LogP contribution in [-0.2, 0) is 0 Å². The minimum atomic E-state index is 0.263. The van der Waals surface area contributed by atoms with E-state index < -0.39 is 0 Å². The van der Waals surface area contributed by atoms with Gasteiger partial charge in [-0.25, -0.2) is 4.98 Å². The summed E-state index contributed by atoms with van der Waals surface area (Å²) in [5, 5.41) is 0.263. The maximum absolute atomic E-state index is 5.92. The van der Waals surface area contributed by atoms with Crippen molar-refractivity contribution >= 4 is 23.1 Å². The van der Waals surface area contributed by atoms with Crippen LogP contribution in [-0.4, -0.2) is 23.6 Å². The summed E-state index contributed by atoms with van der Waals surface area (Å²) in [4.78, 5) is 10.2. The second-order valence-corrected chi connectivity index (χ2v) is 4.48. The number of nitrogen functional groups attached to an aromatic ring is 1. The molecule has 1 heterocycles. The summed E-state index contributed by atoms with van der Waals surface area (Å²) in [7, 11) is 1.99. The second-order valence-electron chi connectivity index (χ2n) is 4.14. The van der Waals surface area contributed by atoms with E-state index in [-0.39, 0.29) is 5.28 Å². The zero-order valence-electron chi connectivity index (χ0n) is 9.00.